The van der Waals surface area contributed by atoms with Gasteiger partial charge in [0.1, 0.15) is 0 Å². The summed E-state index contributed by atoms with van der Waals surface area (Å²) in [5.41, 5.74) is 0. The van der Waals surface area contributed by atoms with Gasteiger partial charge in [-0.15, -0.1) is 0 Å². The van der Waals surface area contributed by atoms with E-state index in [1.165, 1.54) is 12.8 Å². The second-order valence-corrected chi connectivity index (χ2v) is 4.92. The summed E-state index contributed by atoms with van der Waals surface area (Å²) in [4.78, 5) is 12.5. The van der Waals surface area contributed by atoms with Gasteiger partial charge in [0.2, 0.25) is 0 Å². The third kappa shape index (κ3) is 3.18. The zero-order valence-electron chi connectivity index (χ0n) is 8.93. The van der Waals surface area contributed by atoms with Gasteiger partial charge in [0.05, 0.1) is 12.6 Å². The molecule has 2 atom stereocenters. The topological polar surface area (TPSA) is 60.8 Å². The van der Waals surface area contributed by atoms with Gasteiger partial charge in [-0.1, -0.05) is 12.8 Å². The van der Waals surface area contributed by atoms with E-state index >= 15 is 0 Å². The largest absolute Gasteiger partial charge is 0.480 e. The van der Waals surface area contributed by atoms with Crippen molar-refractivity contribution in [2.45, 2.75) is 31.8 Å². The number of aliphatic hydroxyl groups is 1. The minimum absolute atomic E-state index is 0.119. The summed E-state index contributed by atoms with van der Waals surface area (Å²) < 4.78 is 0. The van der Waals surface area contributed by atoms with Crippen molar-refractivity contribution in [1.82, 2.24) is 4.90 Å². The van der Waals surface area contributed by atoms with Crippen molar-refractivity contribution in [2.24, 2.45) is 11.8 Å². The van der Waals surface area contributed by atoms with E-state index in [1.54, 1.807) is 0 Å². The molecule has 0 aromatic heterocycles. The van der Waals surface area contributed by atoms with Crippen LogP contribution in [-0.2, 0) is 4.79 Å². The monoisotopic (exact) mass is 213 g/mol. The molecule has 1 saturated carbocycles. The third-order valence-electron chi connectivity index (χ3n) is 3.47. The lowest BCUT2D eigenvalue weighted by Crippen LogP contribution is -2.45. The predicted molar refractivity (Wildman–Crippen MR) is 55.5 cm³/mol. The molecule has 15 heavy (non-hydrogen) atoms. The molecule has 0 aromatic rings. The van der Waals surface area contributed by atoms with Gasteiger partial charge in [0, 0.05) is 13.1 Å². The van der Waals surface area contributed by atoms with Gasteiger partial charge in [-0.05, 0) is 24.7 Å². The van der Waals surface area contributed by atoms with Gasteiger partial charge in [-0.2, -0.15) is 0 Å². The summed E-state index contributed by atoms with van der Waals surface area (Å²) in [6.45, 7) is 1.59. The maximum Gasteiger partial charge on any atom is 0.317 e. The van der Waals surface area contributed by atoms with Gasteiger partial charge in [0.25, 0.3) is 0 Å². The van der Waals surface area contributed by atoms with Crippen molar-refractivity contribution >= 4 is 5.97 Å². The molecule has 4 heteroatoms. The summed E-state index contributed by atoms with van der Waals surface area (Å²) in [6.07, 6.45) is 4.18. The molecule has 0 aromatic carbocycles. The molecule has 1 aliphatic heterocycles. The lowest BCUT2D eigenvalue weighted by molar-refractivity contribution is -0.139. The molecule has 1 saturated heterocycles. The van der Waals surface area contributed by atoms with Gasteiger partial charge in [-0.3, -0.25) is 9.69 Å². The Morgan fingerprint density at radius 2 is 2.07 bits per heavy atom. The number of nitrogens with zero attached hydrogens (tertiary/aromatic N) is 1. The van der Waals surface area contributed by atoms with Crippen molar-refractivity contribution in [2.75, 3.05) is 19.6 Å². The first-order valence-electron chi connectivity index (χ1n) is 5.77. The first kappa shape index (κ1) is 10.9. The van der Waals surface area contributed by atoms with E-state index in [4.69, 9.17) is 5.11 Å². The van der Waals surface area contributed by atoms with Crippen molar-refractivity contribution < 1.29 is 15.0 Å². The molecule has 0 radical (unpaired) electrons. The maximum absolute atomic E-state index is 10.6. The second-order valence-electron chi connectivity index (χ2n) is 4.92. The number of piperidine rings is 1. The van der Waals surface area contributed by atoms with Crippen molar-refractivity contribution in [3.8, 4) is 0 Å². The molecule has 2 aliphatic rings. The molecule has 86 valence electrons. The van der Waals surface area contributed by atoms with Gasteiger partial charge in [0.15, 0.2) is 0 Å². The van der Waals surface area contributed by atoms with Crippen LogP contribution in [0.5, 0.6) is 0 Å². The van der Waals surface area contributed by atoms with Gasteiger partial charge in [-0.25, -0.2) is 0 Å². The van der Waals surface area contributed by atoms with Crippen molar-refractivity contribution in [1.29, 1.82) is 0 Å². The lowest BCUT2D eigenvalue weighted by atomic mass is 9.90. The van der Waals surface area contributed by atoms with E-state index in [0.717, 1.165) is 25.3 Å². The van der Waals surface area contributed by atoms with Crippen LogP contribution in [0, 0.1) is 11.8 Å². The molecule has 0 unspecified atom stereocenters. The highest BCUT2D eigenvalue weighted by Crippen LogP contribution is 2.37. The number of aliphatic hydroxyl groups excluding tert-OH is 1. The molecule has 0 spiro atoms. The Morgan fingerprint density at radius 1 is 1.33 bits per heavy atom. The molecular weight excluding hydrogens is 194 g/mol. The average molecular weight is 213 g/mol. The Bertz CT molecular complexity index is 240. The van der Waals surface area contributed by atoms with E-state index < -0.39 is 5.97 Å². The number of rotatable bonds is 4. The zero-order valence-corrected chi connectivity index (χ0v) is 8.93. The van der Waals surface area contributed by atoms with Crippen LogP contribution in [0.1, 0.15) is 25.7 Å². The SMILES string of the molecule is O=C(O)CN1CC[C@@H](O)[C@H](CC2CC2)C1. The summed E-state index contributed by atoms with van der Waals surface area (Å²) in [5, 5.41) is 18.5. The lowest BCUT2D eigenvalue weighted by Gasteiger charge is -2.35. The first-order valence-corrected chi connectivity index (χ1v) is 5.77. The molecule has 2 fully saturated rings. The van der Waals surface area contributed by atoms with Crippen LogP contribution in [-0.4, -0.2) is 46.8 Å². The Hall–Kier alpha value is -0.610. The molecule has 1 heterocycles. The Kier molecular flexibility index (Phi) is 3.26. The second kappa shape index (κ2) is 4.49. The van der Waals surface area contributed by atoms with Crippen LogP contribution < -0.4 is 0 Å². The fraction of sp³-hybridized carbons (Fsp3) is 0.909. The van der Waals surface area contributed by atoms with Crippen molar-refractivity contribution in [3.05, 3.63) is 0 Å². The number of carboxylic acids is 1. The molecule has 2 rings (SSSR count). The maximum atomic E-state index is 10.6. The highest BCUT2D eigenvalue weighted by Gasteiger charge is 2.33. The third-order valence-corrected chi connectivity index (χ3v) is 3.47. The summed E-state index contributed by atoms with van der Waals surface area (Å²) >= 11 is 0. The minimum atomic E-state index is -0.767. The van der Waals surface area contributed by atoms with Crippen LogP contribution in [0.25, 0.3) is 0 Å². The van der Waals surface area contributed by atoms with Crippen molar-refractivity contribution in [3.63, 3.8) is 0 Å². The van der Waals surface area contributed by atoms with Gasteiger partial charge < -0.3 is 10.2 Å². The summed E-state index contributed by atoms with van der Waals surface area (Å²) in [7, 11) is 0. The van der Waals surface area contributed by atoms with Crippen LogP contribution in [0.4, 0.5) is 0 Å². The fourth-order valence-corrected chi connectivity index (χ4v) is 2.44. The molecule has 0 bridgehead atoms. The van der Waals surface area contributed by atoms with E-state index in [0.29, 0.717) is 12.5 Å². The Labute approximate surface area is 89.9 Å². The average Bonchev–Trinajstić information content (AvgIpc) is 2.94. The Balaban J connectivity index is 1.82. The van der Waals surface area contributed by atoms with E-state index in [1.807, 2.05) is 4.90 Å². The number of aliphatic carboxylic acids is 1. The molecule has 2 N–H and O–H groups in total. The van der Waals surface area contributed by atoms with Crippen LogP contribution in [0.2, 0.25) is 0 Å². The number of hydrogen-bond acceptors (Lipinski definition) is 3. The fourth-order valence-electron chi connectivity index (χ4n) is 2.44. The van der Waals surface area contributed by atoms with E-state index in [-0.39, 0.29) is 12.6 Å². The molecule has 4 nitrogen and oxygen atoms in total. The Morgan fingerprint density at radius 3 is 2.67 bits per heavy atom. The van der Waals surface area contributed by atoms with E-state index in [2.05, 4.69) is 0 Å². The number of carbonyl (C=O) groups is 1. The highest BCUT2D eigenvalue weighted by molar-refractivity contribution is 5.69. The summed E-state index contributed by atoms with van der Waals surface area (Å²) in [6, 6.07) is 0. The molecule has 1 aliphatic carbocycles. The van der Waals surface area contributed by atoms with E-state index in [9.17, 15) is 9.90 Å². The van der Waals surface area contributed by atoms with Crippen LogP contribution in [0.3, 0.4) is 0 Å². The van der Waals surface area contributed by atoms with Crippen LogP contribution in [0.15, 0.2) is 0 Å². The zero-order chi connectivity index (χ0) is 10.8. The first-order chi connectivity index (χ1) is 7.15. The molecular formula is C11H19NO3. The minimum Gasteiger partial charge on any atom is -0.480 e. The number of likely N-dealkylation sites (tertiary alicyclic amines) is 1. The predicted octanol–water partition coefficient (Wildman–Crippen LogP) is 0.554. The number of hydrogen-bond donors (Lipinski definition) is 2. The standard InChI is InChI=1S/C11H19NO3/c13-10-3-4-12(7-11(14)15)6-9(10)5-8-1-2-8/h8-10,13H,1-7H2,(H,14,15)/t9-,10-/m1/s1. The summed E-state index contributed by atoms with van der Waals surface area (Å²) in [5.74, 6) is 0.330. The number of carboxylic acid groups (broad SMARTS) is 1. The smallest absolute Gasteiger partial charge is 0.317 e. The molecule has 0 amide bonds. The highest BCUT2D eigenvalue weighted by atomic mass is 16.4. The normalized spacial score (nSPS) is 32.9. The van der Waals surface area contributed by atoms with Gasteiger partial charge >= 0.3 is 5.97 Å². The quantitative estimate of drug-likeness (QED) is 0.716. The van der Waals surface area contributed by atoms with Crippen LogP contribution >= 0.6 is 0 Å².